The van der Waals surface area contributed by atoms with E-state index in [2.05, 4.69) is 423 Å². The highest BCUT2D eigenvalue weighted by Crippen LogP contribution is 2.53. The molecule has 14 aromatic rings. The molecule has 0 unspecified atom stereocenters. The Kier molecular flexibility index (Phi) is 15.8. The van der Waals surface area contributed by atoms with Crippen molar-refractivity contribution in [2.45, 2.75) is 21.7 Å². The van der Waals surface area contributed by atoms with E-state index >= 15 is 0 Å². The minimum Gasteiger partial charge on any atom is -0.596 e. The number of fused-ring (bicyclic) bond motifs is 7. The molecule has 0 amide bonds. The SMILES string of the molecule is C1=CC2=C(C(c3ccccc3)(c3ccccc3)c3ccccc3)[CH+]C(=c3cc(C(c4ccccc4)(c4ccccc4)c4ccccc4)c([n-]3)=CC=c3[nH]c(cc3C(c3ccccc3)(c3ccccc3)c3ccccc3)=C3C=C(C(c4ccccc4)(c4ccccc4)c4ccccc4)C1=N3)N2. The van der Waals surface area contributed by atoms with E-state index in [1.165, 1.54) is 0 Å². The van der Waals surface area contributed by atoms with Gasteiger partial charge in [-0.25, -0.2) is 4.99 Å². The molecule has 4 heteroatoms. The summed E-state index contributed by atoms with van der Waals surface area (Å²) in [5.74, 6) is 0. The fraction of sp³-hybridized carbons (Fsp3) is 0.0417. The zero-order valence-corrected chi connectivity index (χ0v) is 55.2. The number of nitrogens with one attached hydrogen (secondary N) is 2. The van der Waals surface area contributed by atoms with Crippen LogP contribution in [0.15, 0.2) is 416 Å². The Morgan fingerprint density at radius 1 is 0.310 bits per heavy atom. The van der Waals surface area contributed by atoms with E-state index in [9.17, 15) is 0 Å². The first-order valence-electron chi connectivity index (χ1n) is 34.5. The van der Waals surface area contributed by atoms with Crippen LogP contribution in [0.4, 0.5) is 0 Å². The summed E-state index contributed by atoms with van der Waals surface area (Å²) < 4.78 is 0. The Hall–Kier alpha value is -12.8. The van der Waals surface area contributed by atoms with Crippen molar-refractivity contribution in [3.63, 3.8) is 0 Å². The minimum absolute atomic E-state index is 0.795. The van der Waals surface area contributed by atoms with Crippen LogP contribution in [-0.4, -0.2) is 10.7 Å². The second-order valence-electron chi connectivity index (χ2n) is 26.0. The van der Waals surface area contributed by atoms with Gasteiger partial charge in [-0.15, -0.1) is 5.35 Å². The van der Waals surface area contributed by atoms with Crippen molar-refractivity contribution in [1.82, 2.24) is 15.3 Å². The van der Waals surface area contributed by atoms with Crippen LogP contribution >= 0.6 is 0 Å². The molecule has 474 valence electrons. The Bertz CT molecular complexity index is 5250. The standard InChI is InChI=1S/C96H70N4/c1-13-37-69(38-14-1)93(70-39-15-2-16-40-70,71-41-17-3-18-42-71)81-65-89-90-66-82(94(72-43-19-4-20-44-72,73-45-21-5-22-46-73)74-47-23-6-24-48-74)87(98-90)63-64-88-84(96(78-55-31-10-32-56-78,79-57-33-11-34-58-79)80-59-35-12-36-60-80)68-92(100-88)91-67-83(86(99-91)62-61-85(81)97-89)95(75-49-25-7-26-50-75,76-51-27-8-28-52-76)77-53-29-9-30-54-77/h1-68,97,100H. The molecule has 17 rings (SSSR count). The molecule has 0 saturated carbocycles. The van der Waals surface area contributed by atoms with Crippen molar-refractivity contribution in [2.75, 3.05) is 0 Å². The van der Waals surface area contributed by atoms with Crippen molar-refractivity contribution in [3.05, 3.63) is 517 Å². The summed E-state index contributed by atoms with van der Waals surface area (Å²) in [6, 6.07) is 137. The second kappa shape index (κ2) is 26.0. The van der Waals surface area contributed by atoms with Crippen LogP contribution in [0.1, 0.15) is 77.9 Å². The molecule has 4 nitrogen and oxygen atoms in total. The molecule has 2 aromatic heterocycles. The molecule has 2 N–H and O–H groups in total. The fourth-order valence-electron chi connectivity index (χ4n) is 16.5. The molecule has 100 heavy (non-hydrogen) atoms. The number of hydrogen-bond acceptors (Lipinski definition) is 2. The quantitative estimate of drug-likeness (QED) is 0.0748. The Balaban J connectivity index is 1.08. The van der Waals surface area contributed by atoms with Gasteiger partial charge in [0.25, 0.3) is 0 Å². The minimum atomic E-state index is -0.877. The molecule has 8 bridgehead atoms. The van der Waals surface area contributed by atoms with Crippen LogP contribution in [0, 0.1) is 6.42 Å². The number of aromatic amines is 1. The number of aliphatic imine (C=N–C) groups is 1. The summed E-state index contributed by atoms with van der Waals surface area (Å²) in [4.78, 5) is 16.3. The number of benzene rings is 12. The van der Waals surface area contributed by atoms with Crippen molar-refractivity contribution < 1.29 is 0 Å². The highest BCUT2D eigenvalue weighted by atomic mass is 15.0. The lowest BCUT2D eigenvalue weighted by Gasteiger charge is -2.37. The van der Waals surface area contributed by atoms with E-state index < -0.39 is 21.7 Å². The second-order valence-corrected chi connectivity index (χ2v) is 26.0. The largest absolute Gasteiger partial charge is 0.596 e. The van der Waals surface area contributed by atoms with Gasteiger partial charge in [-0.1, -0.05) is 370 Å². The smallest absolute Gasteiger partial charge is 0.150 e. The van der Waals surface area contributed by atoms with Crippen LogP contribution in [0.25, 0.3) is 23.5 Å². The first-order chi connectivity index (χ1) is 49.6. The molecule has 3 aliphatic rings. The lowest BCUT2D eigenvalue weighted by Crippen LogP contribution is -2.36. The average Bonchev–Trinajstić information content (AvgIpc) is 1.49. The third-order valence-electron chi connectivity index (χ3n) is 20.8. The van der Waals surface area contributed by atoms with E-state index in [1.54, 1.807) is 0 Å². The predicted octanol–water partition coefficient (Wildman–Crippen LogP) is 17.3. The molecular weight excluding hydrogens is 1210 g/mol. The zero-order valence-electron chi connectivity index (χ0n) is 55.2. The van der Waals surface area contributed by atoms with E-state index in [4.69, 9.17) is 9.98 Å². The third kappa shape index (κ3) is 10.1. The summed E-state index contributed by atoms with van der Waals surface area (Å²) >= 11 is 0. The van der Waals surface area contributed by atoms with Crippen molar-refractivity contribution in [3.8, 4) is 0 Å². The van der Waals surface area contributed by atoms with Gasteiger partial charge in [0.2, 0.25) is 0 Å². The summed E-state index contributed by atoms with van der Waals surface area (Å²) in [5, 5.41) is 7.58. The van der Waals surface area contributed by atoms with Crippen LogP contribution in [0.3, 0.4) is 0 Å². The van der Waals surface area contributed by atoms with Crippen LogP contribution in [0.5, 0.6) is 0 Å². The van der Waals surface area contributed by atoms with Gasteiger partial charge >= 0.3 is 0 Å². The van der Waals surface area contributed by atoms with Crippen molar-refractivity contribution >= 4 is 29.3 Å². The maximum Gasteiger partial charge on any atom is 0.150 e. The fourth-order valence-corrected chi connectivity index (χ4v) is 16.5. The first kappa shape index (κ1) is 60.9. The Labute approximate surface area is 584 Å². The molecule has 0 fully saturated rings. The van der Waals surface area contributed by atoms with Crippen molar-refractivity contribution in [2.24, 2.45) is 4.99 Å². The number of rotatable bonds is 16. The number of allylic oxidation sites excluding steroid dienone is 3. The van der Waals surface area contributed by atoms with Gasteiger partial charge in [0.1, 0.15) is 17.0 Å². The van der Waals surface area contributed by atoms with Gasteiger partial charge < -0.3 is 9.97 Å². The number of nitrogens with zero attached hydrogens (tertiary/aromatic N) is 2. The molecule has 12 aromatic carbocycles. The van der Waals surface area contributed by atoms with Crippen LogP contribution in [-0.2, 0) is 21.7 Å². The van der Waals surface area contributed by atoms with Crippen LogP contribution < -0.4 is 31.7 Å². The highest BCUT2D eigenvalue weighted by Gasteiger charge is 2.50. The third-order valence-corrected chi connectivity index (χ3v) is 20.8. The summed E-state index contributed by atoms with van der Waals surface area (Å²) in [5.41, 5.74) is 17.5. The number of H-pyrrole nitrogens is 1. The van der Waals surface area contributed by atoms with E-state index in [0.717, 1.165) is 133 Å². The Morgan fingerprint density at radius 3 is 0.960 bits per heavy atom. The normalized spacial score (nSPS) is 13.7. The van der Waals surface area contributed by atoms with Gasteiger partial charge in [-0.05, 0) is 119 Å². The Morgan fingerprint density at radius 2 is 0.620 bits per heavy atom. The number of hydrogen-bond donors (Lipinski definition) is 2. The molecule has 0 atom stereocenters. The molecule has 0 radical (unpaired) electrons. The van der Waals surface area contributed by atoms with Crippen LogP contribution in [0.2, 0.25) is 0 Å². The predicted molar refractivity (Wildman–Crippen MR) is 409 cm³/mol. The topological polar surface area (TPSA) is 54.3 Å². The number of aromatic nitrogens is 2. The summed E-state index contributed by atoms with van der Waals surface area (Å²) in [6.45, 7) is 0. The monoisotopic (exact) mass is 1280 g/mol. The molecule has 3 aliphatic heterocycles. The van der Waals surface area contributed by atoms with Gasteiger partial charge in [-0.2, -0.15) is 0 Å². The molecule has 5 heterocycles. The maximum atomic E-state index is 6.05. The summed E-state index contributed by atoms with van der Waals surface area (Å²) in [6.07, 6.45) is 13.9. The van der Waals surface area contributed by atoms with Gasteiger partial charge in [0, 0.05) is 11.4 Å². The van der Waals surface area contributed by atoms with E-state index in [1.807, 2.05) is 0 Å². The zero-order chi connectivity index (χ0) is 66.8. The average molecular weight is 1280 g/mol. The molecular formula is C96H70N4. The molecule has 0 aliphatic carbocycles. The highest BCUT2D eigenvalue weighted by molar-refractivity contribution is 6.17. The molecule has 0 saturated heterocycles. The van der Waals surface area contributed by atoms with Crippen molar-refractivity contribution in [1.29, 1.82) is 0 Å². The summed E-state index contributed by atoms with van der Waals surface area (Å²) in [7, 11) is 0. The van der Waals surface area contributed by atoms with E-state index in [-0.39, 0.29) is 0 Å². The lowest BCUT2D eigenvalue weighted by atomic mass is 9.63. The van der Waals surface area contributed by atoms with Gasteiger partial charge in [-0.3, -0.25) is 5.32 Å². The molecule has 0 spiro atoms. The maximum absolute atomic E-state index is 6.05. The van der Waals surface area contributed by atoms with Gasteiger partial charge in [0.05, 0.1) is 44.8 Å². The lowest BCUT2D eigenvalue weighted by molar-refractivity contribution is 0.733. The van der Waals surface area contributed by atoms with Gasteiger partial charge in [0.15, 0.2) is 0 Å². The van der Waals surface area contributed by atoms with E-state index in [0.29, 0.717) is 0 Å². The first-order valence-corrected chi connectivity index (χ1v) is 34.5.